The van der Waals surface area contributed by atoms with Gasteiger partial charge >= 0.3 is 6.03 Å². The van der Waals surface area contributed by atoms with Gasteiger partial charge in [0, 0.05) is 48.5 Å². The number of nitrogens with one attached hydrogen (secondary N) is 1. The van der Waals surface area contributed by atoms with Gasteiger partial charge in [-0.3, -0.25) is 9.59 Å². The van der Waals surface area contributed by atoms with Crippen LogP contribution in [-0.4, -0.2) is 46.9 Å². The predicted octanol–water partition coefficient (Wildman–Crippen LogP) is 4.09. The molecule has 8 heteroatoms. The van der Waals surface area contributed by atoms with Crippen LogP contribution in [0.25, 0.3) is 5.76 Å². The van der Waals surface area contributed by atoms with Gasteiger partial charge in [-0.05, 0) is 24.3 Å². The molecular formula is C23H19FN2O4S. The van der Waals surface area contributed by atoms with Crippen molar-refractivity contribution >= 4 is 40.8 Å². The van der Waals surface area contributed by atoms with Gasteiger partial charge in [-0.15, -0.1) is 11.8 Å². The van der Waals surface area contributed by atoms with Crippen molar-refractivity contribution in [2.45, 2.75) is 18.4 Å². The number of rotatable bonds is 1. The number of carbonyl (C=O) groups excluding carboxylic acids is 3. The number of nitrogens with zero attached hydrogens (tertiary/aromatic N) is 1. The largest absolute Gasteiger partial charge is 0.484 e. The number of likely N-dealkylation sites (tertiary alicyclic amines) is 1. The van der Waals surface area contributed by atoms with Crippen molar-refractivity contribution in [2.24, 2.45) is 0 Å². The lowest BCUT2D eigenvalue weighted by molar-refractivity contribution is -0.111. The molecule has 0 bridgehead atoms. The highest BCUT2D eigenvalue weighted by Crippen LogP contribution is 2.47. The molecule has 2 aromatic rings. The number of ketones is 2. The van der Waals surface area contributed by atoms with Crippen LogP contribution in [0.4, 0.5) is 14.9 Å². The first kappa shape index (κ1) is 19.8. The Bertz CT molecular complexity index is 1120. The average Bonchev–Trinajstić information content (AvgIpc) is 2.79. The average molecular weight is 438 g/mol. The number of Topliss-reactive ketones (excluding diaryl/α,β-unsaturated/α-hetero) is 2. The van der Waals surface area contributed by atoms with Crippen LogP contribution in [0.3, 0.4) is 0 Å². The normalized spacial score (nSPS) is 19.6. The van der Waals surface area contributed by atoms with Crippen molar-refractivity contribution in [3.8, 4) is 0 Å². The summed E-state index contributed by atoms with van der Waals surface area (Å²) in [4.78, 5) is 39.6. The number of hydrogen-bond donors (Lipinski definition) is 1. The minimum Gasteiger partial charge on any atom is -0.484 e. The van der Waals surface area contributed by atoms with Crippen molar-refractivity contribution < 1.29 is 23.5 Å². The Balaban J connectivity index is 1.30. The Morgan fingerprint density at radius 3 is 2.39 bits per heavy atom. The van der Waals surface area contributed by atoms with E-state index in [0.29, 0.717) is 59.2 Å². The number of thioether (sulfide) groups is 1. The maximum atomic E-state index is 13.1. The number of hydrogen-bond acceptors (Lipinski definition) is 5. The van der Waals surface area contributed by atoms with Crippen molar-refractivity contribution in [2.75, 3.05) is 24.2 Å². The molecule has 6 nitrogen and oxygen atoms in total. The smallest absolute Gasteiger partial charge is 0.321 e. The second-order valence-corrected chi connectivity index (χ2v) is 8.85. The van der Waals surface area contributed by atoms with E-state index >= 15 is 0 Å². The Hall–Kier alpha value is -3.13. The van der Waals surface area contributed by atoms with Gasteiger partial charge in [0.05, 0.1) is 0 Å². The fourth-order valence-electron chi connectivity index (χ4n) is 4.11. The molecule has 5 rings (SSSR count). The molecule has 158 valence electrons. The van der Waals surface area contributed by atoms with Crippen molar-refractivity contribution in [1.29, 1.82) is 0 Å². The number of ether oxygens (including phenoxy) is 1. The summed E-state index contributed by atoms with van der Waals surface area (Å²) in [5.74, 6) is -0.317. The Morgan fingerprint density at radius 2 is 1.68 bits per heavy atom. The second-order valence-electron chi connectivity index (χ2n) is 7.86. The molecule has 1 saturated heterocycles. The van der Waals surface area contributed by atoms with E-state index in [1.165, 1.54) is 36.0 Å². The van der Waals surface area contributed by atoms with Gasteiger partial charge in [0.2, 0.25) is 11.6 Å². The molecular weight excluding hydrogens is 419 g/mol. The number of carbonyl (C=O) groups is 3. The molecule has 0 aromatic heterocycles. The number of benzene rings is 2. The standard InChI is InChI=1S/C23H19FN2O4S/c24-14-5-7-15(8-6-14)25-22(29)26-11-9-23(10-12-26)13-31-21-19(28)18(27)16-3-1-2-4-17(16)20(21)30-23/h1-8H,9-13H2,(H,25,29). The van der Waals surface area contributed by atoms with Crippen molar-refractivity contribution in [3.63, 3.8) is 0 Å². The zero-order valence-corrected chi connectivity index (χ0v) is 17.3. The SMILES string of the molecule is O=C1C(=O)c2ccccc2C2=C1SCC1(CCN(C(=O)Nc3ccc(F)cc3)CC1)O2. The quantitative estimate of drug-likeness (QED) is 0.679. The minimum atomic E-state index is -0.510. The van der Waals surface area contributed by atoms with E-state index in [9.17, 15) is 18.8 Å². The molecule has 1 spiro atoms. The molecule has 0 saturated carbocycles. The summed E-state index contributed by atoms with van der Waals surface area (Å²) in [6.07, 6.45) is 1.22. The third kappa shape index (κ3) is 3.50. The summed E-state index contributed by atoms with van der Waals surface area (Å²) in [5.41, 5.74) is 1.07. The lowest BCUT2D eigenvalue weighted by atomic mass is 9.90. The molecule has 0 radical (unpaired) electrons. The molecule has 3 aliphatic rings. The molecule has 2 heterocycles. The van der Waals surface area contributed by atoms with E-state index < -0.39 is 17.2 Å². The number of allylic oxidation sites excluding steroid dienone is 1. The summed E-state index contributed by atoms with van der Waals surface area (Å²) in [5, 5.41) is 2.78. The van der Waals surface area contributed by atoms with Crippen LogP contribution >= 0.6 is 11.8 Å². The van der Waals surface area contributed by atoms with Crippen LogP contribution in [0.1, 0.15) is 28.8 Å². The van der Waals surface area contributed by atoms with Crippen molar-refractivity contribution in [3.05, 3.63) is 70.4 Å². The summed E-state index contributed by atoms with van der Waals surface area (Å²) >= 11 is 1.37. The predicted molar refractivity (Wildman–Crippen MR) is 115 cm³/mol. The summed E-state index contributed by atoms with van der Waals surface area (Å²) < 4.78 is 19.5. The summed E-state index contributed by atoms with van der Waals surface area (Å²) in [7, 11) is 0. The van der Waals surface area contributed by atoms with E-state index in [-0.39, 0.29) is 11.8 Å². The lowest BCUT2D eigenvalue weighted by Crippen LogP contribution is -2.51. The van der Waals surface area contributed by atoms with Crippen LogP contribution < -0.4 is 5.32 Å². The Morgan fingerprint density at radius 1 is 1.00 bits per heavy atom. The van der Waals surface area contributed by atoms with E-state index in [1.54, 1.807) is 23.1 Å². The fourth-order valence-corrected chi connectivity index (χ4v) is 5.37. The molecule has 1 fully saturated rings. The Labute approximate surface area is 182 Å². The lowest BCUT2D eigenvalue weighted by Gasteiger charge is -2.45. The van der Waals surface area contributed by atoms with Crippen LogP contribution in [0, 0.1) is 5.82 Å². The molecule has 31 heavy (non-hydrogen) atoms. The molecule has 1 N–H and O–H groups in total. The minimum absolute atomic E-state index is 0.242. The molecule has 2 aromatic carbocycles. The van der Waals surface area contributed by atoms with E-state index in [0.717, 1.165) is 0 Å². The van der Waals surface area contributed by atoms with Crippen LogP contribution in [0.2, 0.25) is 0 Å². The first-order chi connectivity index (χ1) is 15.0. The van der Waals surface area contributed by atoms with Crippen LogP contribution in [-0.2, 0) is 9.53 Å². The third-order valence-electron chi connectivity index (χ3n) is 5.89. The van der Waals surface area contributed by atoms with Gasteiger partial charge in [-0.25, -0.2) is 9.18 Å². The monoisotopic (exact) mass is 438 g/mol. The van der Waals surface area contributed by atoms with Gasteiger partial charge in [0.1, 0.15) is 22.1 Å². The van der Waals surface area contributed by atoms with Gasteiger partial charge in [-0.1, -0.05) is 24.3 Å². The topological polar surface area (TPSA) is 75.7 Å². The van der Waals surface area contributed by atoms with Gasteiger partial charge in [0.25, 0.3) is 0 Å². The number of fused-ring (bicyclic) bond motifs is 2. The number of amides is 2. The van der Waals surface area contributed by atoms with E-state index in [4.69, 9.17) is 4.74 Å². The maximum absolute atomic E-state index is 13.1. The first-order valence-electron chi connectivity index (χ1n) is 10.0. The maximum Gasteiger partial charge on any atom is 0.321 e. The highest BCUT2D eigenvalue weighted by molar-refractivity contribution is 8.04. The fraction of sp³-hybridized carbons (Fsp3) is 0.261. The molecule has 0 unspecified atom stereocenters. The van der Waals surface area contributed by atoms with E-state index in [2.05, 4.69) is 5.32 Å². The zero-order valence-electron chi connectivity index (χ0n) is 16.5. The van der Waals surface area contributed by atoms with Gasteiger partial charge < -0.3 is 15.0 Å². The number of anilines is 1. The molecule has 2 amide bonds. The summed E-state index contributed by atoms with van der Waals surface area (Å²) in [6.45, 7) is 0.982. The summed E-state index contributed by atoms with van der Waals surface area (Å²) in [6, 6.07) is 12.4. The number of piperidine rings is 1. The second kappa shape index (κ2) is 7.53. The van der Waals surface area contributed by atoms with Gasteiger partial charge in [-0.2, -0.15) is 0 Å². The van der Waals surface area contributed by atoms with Gasteiger partial charge in [0.15, 0.2) is 0 Å². The first-order valence-corrected chi connectivity index (χ1v) is 11.0. The highest BCUT2D eigenvalue weighted by atomic mass is 32.2. The van der Waals surface area contributed by atoms with Crippen LogP contribution in [0.5, 0.6) is 0 Å². The highest BCUT2D eigenvalue weighted by Gasteiger charge is 2.46. The number of urea groups is 1. The van der Waals surface area contributed by atoms with E-state index in [1.807, 2.05) is 6.07 Å². The molecule has 2 aliphatic heterocycles. The third-order valence-corrected chi connectivity index (χ3v) is 7.22. The Kier molecular flexibility index (Phi) is 4.81. The molecule has 0 atom stereocenters. The van der Waals surface area contributed by atoms with Crippen molar-refractivity contribution in [1.82, 2.24) is 4.90 Å². The van der Waals surface area contributed by atoms with Crippen LogP contribution in [0.15, 0.2) is 53.4 Å². The number of halogens is 1. The zero-order chi connectivity index (χ0) is 21.6. The molecule has 1 aliphatic carbocycles.